The van der Waals surface area contributed by atoms with Crippen molar-refractivity contribution in [3.63, 3.8) is 0 Å². The van der Waals surface area contributed by atoms with E-state index in [0.29, 0.717) is 13.2 Å². The van der Waals surface area contributed by atoms with Gasteiger partial charge in [-0.1, -0.05) is 34.1 Å². The van der Waals surface area contributed by atoms with Crippen molar-refractivity contribution in [2.75, 3.05) is 13.2 Å². The second-order valence-corrected chi connectivity index (χ2v) is 4.59. The van der Waals surface area contributed by atoms with Crippen LogP contribution in [0.3, 0.4) is 0 Å². The molecule has 0 heterocycles. The molecule has 1 aromatic carbocycles. The molecule has 0 bridgehead atoms. The van der Waals surface area contributed by atoms with Gasteiger partial charge < -0.3 is 15.2 Å². The molecule has 1 atom stereocenters. The molecule has 0 radical (unpaired) electrons. The van der Waals surface area contributed by atoms with Gasteiger partial charge in [0.25, 0.3) is 0 Å². The molecule has 96 valence electrons. The van der Waals surface area contributed by atoms with E-state index in [1.807, 2.05) is 32.0 Å². The van der Waals surface area contributed by atoms with Gasteiger partial charge in [-0.2, -0.15) is 0 Å². The van der Waals surface area contributed by atoms with Gasteiger partial charge in [-0.15, -0.1) is 0 Å². The van der Waals surface area contributed by atoms with Crippen LogP contribution >= 0.6 is 15.9 Å². The van der Waals surface area contributed by atoms with Crippen molar-refractivity contribution < 1.29 is 9.47 Å². The zero-order valence-corrected chi connectivity index (χ0v) is 11.9. The van der Waals surface area contributed by atoms with Gasteiger partial charge in [-0.3, -0.25) is 0 Å². The molecule has 0 aromatic heterocycles. The molecule has 4 heteroatoms. The highest BCUT2D eigenvalue weighted by molar-refractivity contribution is 9.10. The van der Waals surface area contributed by atoms with E-state index in [1.165, 1.54) is 5.56 Å². The second-order valence-electron chi connectivity index (χ2n) is 3.74. The minimum Gasteiger partial charge on any atom is -0.351 e. The molecule has 0 aliphatic heterocycles. The van der Waals surface area contributed by atoms with E-state index >= 15 is 0 Å². The van der Waals surface area contributed by atoms with Crippen LogP contribution in [0.2, 0.25) is 0 Å². The standard InChI is InChI=1S/C13H20BrNO2/c1-3-16-13(17-4-2)12(15)9-10-7-5-6-8-11(10)14/h5-8,12-13H,3-4,9,15H2,1-2H3. The smallest absolute Gasteiger partial charge is 0.172 e. The molecule has 17 heavy (non-hydrogen) atoms. The molecule has 0 saturated carbocycles. The Morgan fingerprint density at radius 2 is 1.76 bits per heavy atom. The van der Waals surface area contributed by atoms with Crippen LogP contribution in [0.4, 0.5) is 0 Å². The van der Waals surface area contributed by atoms with Gasteiger partial charge in [0.15, 0.2) is 6.29 Å². The highest BCUT2D eigenvalue weighted by Crippen LogP contribution is 2.18. The third kappa shape index (κ3) is 4.76. The van der Waals surface area contributed by atoms with E-state index in [4.69, 9.17) is 15.2 Å². The van der Waals surface area contributed by atoms with E-state index in [2.05, 4.69) is 22.0 Å². The van der Waals surface area contributed by atoms with Gasteiger partial charge in [-0.05, 0) is 31.9 Å². The Balaban J connectivity index is 2.62. The highest BCUT2D eigenvalue weighted by Gasteiger charge is 2.19. The van der Waals surface area contributed by atoms with E-state index in [0.717, 1.165) is 10.9 Å². The highest BCUT2D eigenvalue weighted by atomic mass is 79.9. The predicted octanol–water partition coefficient (Wildman–Crippen LogP) is 2.72. The largest absolute Gasteiger partial charge is 0.351 e. The Morgan fingerprint density at radius 1 is 1.18 bits per heavy atom. The molecule has 0 fully saturated rings. The number of hydrogen-bond donors (Lipinski definition) is 1. The lowest BCUT2D eigenvalue weighted by atomic mass is 10.1. The Labute approximate surface area is 111 Å². The van der Waals surface area contributed by atoms with Crippen molar-refractivity contribution in [2.24, 2.45) is 5.73 Å². The van der Waals surface area contributed by atoms with Crippen LogP contribution in [-0.4, -0.2) is 25.5 Å². The number of halogens is 1. The summed E-state index contributed by atoms with van der Waals surface area (Å²) in [6.45, 7) is 5.09. The van der Waals surface area contributed by atoms with Crippen LogP contribution in [0.1, 0.15) is 19.4 Å². The maximum atomic E-state index is 6.12. The monoisotopic (exact) mass is 301 g/mol. The zero-order valence-electron chi connectivity index (χ0n) is 10.4. The molecule has 1 aromatic rings. The molecule has 0 spiro atoms. The summed E-state index contributed by atoms with van der Waals surface area (Å²) in [5, 5.41) is 0. The average Bonchev–Trinajstić information content (AvgIpc) is 2.32. The van der Waals surface area contributed by atoms with Crippen LogP contribution in [0.15, 0.2) is 28.7 Å². The Morgan fingerprint density at radius 3 is 2.29 bits per heavy atom. The topological polar surface area (TPSA) is 44.5 Å². The molecule has 0 aliphatic carbocycles. The normalized spacial score (nSPS) is 13.0. The fourth-order valence-electron chi connectivity index (χ4n) is 1.64. The summed E-state index contributed by atoms with van der Waals surface area (Å²) in [4.78, 5) is 0. The van der Waals surface area contributed by atoms with Gasteiger partial charge in [0.1, 0.15) is 0 Å². The molecule has 1 rings (SSSR count). The first-order chi connectivity index (χ1) is 8.19. The van der Waals surface area contributed by atoms with Crippen LogP contribution < -0.4 is 5.73 Å². The quantitative estimate of drug-likeness (QED) is 0.788. The van der Waals surface area contributed by atoms with E-state index in [9.17, 15) is 0 Å². The molecule has 3 nitrogen and oxygen atoms in total. The van der Waals surface area contributed by atoms with Gasteiger partial charge in [0, 0.05) is 17.7 Å². The SMILES string of the molecule is CCOC(OCC)C(N)Cc1ccccc1Br. The van der Waals surface area contributed by atoms with Crippen molar-refractivity contribution in [1.82, 2.24) is 0 Å². The average molecular weight is 302 g/mol. The van der Waals surface area contributed by atoms with E-state index in [-0.39, 0.29) is 12.3 Å². The molecule has 0 saturated heterocycles. The summed E-state index contributed by atoms with van der Waals surface area (Å²) >= 11 is 3.51. The van der Waals surface area contributed by atoms with Crippen molar-refractivity contribution in [3.8, 4) is 0 Å². The second kappa shape index (κ2) is 7.82. The molecule has 2 N–H and O–H groups in total. The Kier molecular flexibility index (Phi) is 6.73. The lowest BCUT2D eigenvalue weighted by Gasteiger charge is -2.23. The molecular formula is C13H20BrNO2. The summed E-state index contributed by atoms with van der Waals surface area (Å²) in [6.07, 6.45) is 0.392. The zero-order chi connectivity index (χ0) is 12.7. The molecule has 0 amide bonds. The van der Waals surface area contributed by atoms with Crippen LogP contribution in [0.5, 0.6) is 0 Å². The van der Waals surface area contributed by atoms with E-state index < -0.39 is 0 Å². The van der Waals surface area contributed by atoms with Crippen LogP contribution in [0, 0.1) is 0 Å². The fourth-order valence-corrected chi connectivity index (χ4v) is 2.08. The van der Waals surface area contributed by atoms with Crippen molar-refractivity contribution >= 4 is 15.9 Å². The summed E-state index contributed by atoms with van der Waals surface area (Å²) < 4.78 is 12.1. The fraction of sp³-hybridized carbons (Fsp3) is 0.538. The first-order valence-corrected chi connectivity index (χ1v) is 6.70. The third-order valence-corrected chi connectivity index (χ3v) is 3.20. The minimum atomic E-state index is -0.336. The molecule has 1 unspecified atom stereocenters. The molecular weight excluding hydrogens is 282 g/mol. The molecule has 0 aliphatic rings. The van der Waals surface area contributed by atoms with Crippen molar-refractivity contribution in [1.29, 1.82) is 0 Å². The number of ether oxygens (including phenoxy) is 2. The van der Waals surface area contributed by atoms with Gasteiger partial charge >= 0.3 is 0 Å². The Hall–Kier alpha value is -0.420. The van der Waals surface area contributed by atoms with Gasteiger partial charge in [0.05, 0.1) is 6.04 Å². The number of benzene rings is 1. The van der Waals surface area contributed by atoms with Gasteiger partial charge in [0.2, 0.25) is 0 Å². The maximum absolute atomic E-state index is 6.12. The van der Waals surface area contributed by atoms with Crippen molar-refractivity contribution in [3.05, 3.63) is 34.3 Å². The van der Waals surface area contributed by atoms with Gasteiger partial charge in [-0.25, -0.2) is 0 Å². The minimum absolute atomic E-state index is 0.159. The lowest BCUT2D eigenvalue weighted by Crippen LogP contribution is -2.40. The Bertz CT molecular complexity index is 327. The van der Waals surface area contributed by atoms with E-state index in [1.54, 1.807) is 0 Å². The lowest BCUT2D eigenvalue weighted by molar-refractivity contribution is -0.148. The summed E-state index contributed by atoms with van der Waals surface area (Å²) in [5.74, 6) is 0. The van der Waals surface area contributed by atoms with Crippen molar-refractivity contribution in [2.45, 2.75) is 32.6 Å². The number of hydrogen-bond acceptors (Lipinski definition) is 3. The summed E-state index contributed by atoms with van der Waals surface area (Å²) in [5.41, 5.74) is 7.29. The van der Waals surface area contributed by atoms with Crippen LogP contribution in [-0.2, 0) is 15.9 Å². The number of rotatable bonds is 7. The first-order valence-electron chi connectivity index (χ1n) is 5.91. The summed E-state index contributed by atoms with van der Waals surface area (Å²) in [7, 11) is 0. The maximum Gasteiger partial charge on any atom is 0.172 e. The predicted molar refractivity (Wildman–Crippen MR) is 72.9 cm³/mol. The van der Waals surface area contributed by atoms with Crippen LogP contribution in [0.25, 0.3) is 0 Å². The number of nitrogens with two attached hydrogens (primary N) is 1. The first kappa shape index (κ1) is 14.6. The summed E-state index contributed by atoms with van der Waals surface area (Å²) in [6, 6.07) is 7.90. The third-order valence-electron chi connectivity index (χ3n) is 2.42.